The van der Waals surface area contributed by atoms with Crippen LogP contribution in [0.5, 0.6) is 0 Å². The number of benzene rings is 1. The van der Waals surface area contributed by atoms with Crippen LogP contribution in [0.2, 0.25) is 5.02 Å². The summed E-state index contributed by atoms with van der Waals surface area (Å²) in [6.07, 6.45) is 1.55. The van der Waals surface area contributed by atoms with E-state index in [1.165, 1.54) is 0 Å². The van der Waals surface area contributed by atoms with E-state index in [9.17, 15) is 4.79 Å². The average molecular weight is 248 g/mol. The molecule has 86 valence electrons. The van der Waals surface area contributed by atoms with Gasteiger partial charge in [-0.15, -0.1) is 0 Å². The van der Waals surface area contributed by atoms with Crippen molar-refractivity contribution in [2.24, 2.45) is 5.84 Å². The summed E-state index contributed by atoms with van der Waals surface area (Å²) in [5.41, 5.74) is 3.68. The fourth-order valence-electron chi connectivity index (χ4n) is 1.54. The number of amides is 1. The minimum absolute atomic E-state index is 0.280. The Morgan fingerprint density at radius 3 is 2.59 bits per heavy atom. The van der Waals surface area contributed by atoms with Crippen molar-refractivity contribution in [1.29, 1.82) is 0 Å². The topological polar surface area (TPSA) is 68.0 Å². The molecule has 0 bridgehead atoms. The zero-order chi connectivity index (χ0) is 12.3. The van der Waals surface area contributed by atoms with Crippen LogP contribution in [0.25, 0.3) is 11.3 Å². The summed E-state index contributed by atoms with van der Waals surface area (Å²) >= 11 is 6.00. The minimum atomic E-state index is -0.457. The van der Waals surface area contributed by atoms with E-state index in [2.05, 4.69) is 10.4 Å². The van der Waals surface area contributed by atoms with Crippen LogP contribution in [-0.4, -0.2) is 10.9 Å². The van der Waals surface area contributed by atoms with Gasteiger partial charge in [0.25, 0.3) is 5.91 Å². The zero-order valence-corrected chi connectivity index (χ0v) is 9.61. The van der Waals surface area contributed by atoms with Gasteiger partial charge in [0.1, 0.15) is 0 Å². The molecule has 3 N–H and O–H groups in total. The summed E-state index contributed by atoms with van der Waals surface area (Å²) in [6.45, 7) is 0. The molecule has 17 heavy (non-hydrogen) atoms. The van der Waals surface area contributed by atoms with Gasteiger partial charge in [-0.25, -0.2) is 5.84 Å². The maximum absolute atomic E-state index is 11.7. The third-order valence-electron chi connectivity index (χ3n) is 2.31. The highest BCUT2D eigenvalue weighted by Crippen LogP contribution is 2.26. The third kappa shape index (κ3) is 2.27. The highest BCUT2D eigenvalue weighted by Gasteiger charge is 2.16. The molecule has 0 aliphatic heterocycles. The number of hydrogen-bond acceptors (Lipinski definition) is 3. The van der Waals surface area contributed by atoms with E-state index in [4.69, 9.17) is 17.4 Å². The zero-order valence-electron chi connectivity index (χ0n) is 8.85. The lowest BCUT2D eigenvalue weighted by atomic mass is 10.1. The van der Waals surface area contributed by atoms with E-state index in [1.807, 2.05) is 30.3 Å². The SMILES string of the molecule is NNC(=O)c1c(Cl)ccnc1-c1ccccc1. The van der Waals surface area contributed by atoms with Gasteiger partial charge in [-0.1, -0.05) is 41.9 Å². The van der Waals surface area contributed by atoms with Crippen LogP contribution in [0.4, 0.5) is 0 Å². The fraction of sp³-hybridized carbons (Fsp3) is 0. The molecule has 0 aliphatic carbocycles. The quantitative estimate of drug-likeness (QED) is 0.485. The predicted octanol–water partition coefficient (Wildman–Crippen LogP) is 2.01. The van der Waals surface area contributed by atoms with Crippen molar-refractivity contribution in [3.8, 4) is 11.3 Å². The summed E-state index contributed by atoms with van der Waals surface area (Å²) in [4.78, 5) is 15.8. The van der Waals surface area contributed by atoms with E-state index in [0.29, 0.717) is 10.7 Å². The Balaban J connectivity index is 2.62. The first-order valence-corrected chi connectivity index (χ1v) is 5.32. The van der Waals surface area contributed by atoms with Gasteiger partial charge in [-0.3, -0.25) is 15.2 Å². The van der Waals surface area contributed by atoms with Crippen LogP contribution in [-0.2, 0) is 0 Å². The monoisotopic (exact) mass is 247 g/mol. The maximum atomic E-state index is 11.7. The first-order valence-electron chi connectivity index (χ1n) is 4.95. The molecule has 1 heterocycles. The maximum Gasteiger partial charge on any atom is 0.268 e. The number of halogens is 1. The molecular weight excluding hydrogens is 238 g/mol. The van der Waals surface area contributed by atoms with Crippen LogP contribution < -0.4 is 11.3 Å². The summed E-state index contributed by atoms with van der Waals surface area (Å²) in [5, 5.41) is 0.321. The fourth-order valence-corrected chi connectivity index (χ4v) is 1.77. The minimum Gasteiger partial charge on any atom is -0.290 e. The van der Waals surface area contributed by atoms with Crippen molar-refractivity contribution in [2.45, 2.75) is 0 Å². The smallest absolute Gasteiger partial charge is 0.268 e. The summed E-state index contributed by atoms with van der Waals surface area (Å²) < 4.78 is 0. The van der Waals surface area contributed by atoms with Gasteiger partial charge in [0, 0.05) is 11.8 Å². The number of nitrogens with one attached hydrogen (secondary N) is 1. The van der Waals surface area contributed by atoms with Gasteiger partial charge >= 0.3 is 0 Å². The Labute approximate surface area is 103 Å². The highest BCUT2D eigenvalue weighted by molar-refractivity contribution is 6.34. The van der Waals surface area contributed by atoms with Crippen LogP contribution in [0.1, 0.15) is 10.4 Å². The van der Waals surface area contributed by atoms with Gasteiger partial charge in [0.05, 0.1) is 16.3 Å². The van der Waals surface area contributed by atoms with Gasteiger partial charge in [0.2, 0.25) is 0 Å². The number of nitrogens with zero attached hydrogens (tertiary/aromatic N) is 1. The first kappa shape index (κ1) is 11.6. The van der Waals surface area contributed by atoms with E-state index >= 15 is 0 Å². The Bertz CT molecular complexity index is 543. The van der Waals surface area contributed by atoms with Crippen LogP contribution in [0, 0.1) is 0 Å². The third-order valence-corrected chi connectivity index (χ3v) is 2.62. The number of carbonyl (C=O) groups excluding carboxylic acids is 1. The molecule has 0 radical (unpaired) electrons. The molecule has 2 aromatic rings. The second kappa shape index (κ2) is 4.95. The van der Waals surface area contributed by atoms with Crippen molar-refractivity contribution < 1.29 is 4.79 Å². The summed E-state index contributed by atoms with van der Waals surface area (Å²) in [7, 11) is 0. The van der Waals surface area contributed by atoms with Crippen molar-refractivity contribution in [2.75, 3.05) is 0 Å². The number of nitrogens with two attached hydrogens (primary N) is 1. The van der Waals surface area contributed by atoms with E-state index < -0.39 is 5.91 Å². The summed E-state index contributed by atoms with van der Waals surface area (Å²) in [5.74, 6) is 4.68. The molecule has 0 unspecified atom stereocenters. The Morgan fingerprint density at radius 2 is 1.94 bits per heavy atom. The molecule has 0 fully saturated rings. The number of aromatic nitrogens is 1. The molecule has 1 amide bonds. The normalized spacial score (nSPS) is 10.0. The number of carbonyl (C=O) groups is 1. The molecule has 1 aromatic carbocycles. The van der Waals surface area contributed by atoms with Crippen molar-refractivity contribution >= 4 is 17.5 Å². The van der Waals surface area contributed by atoms with Crippen LogP contribution >= 0.6 is 11.6 Å². The number of hydrogen-bond donors (Lipinski definition) is 2. The molecule has 4 nitrogen and oxygen atoms in total. The molecule has 2 rings (SSSR count). The van der Waals surface area contributed by atoms with E-state index in [0.717, 1.165) is 5.56 Å². The van der Waals surface area contributed by atoms with Gasteiger partial charge in [-0.05, 0) is 6.07 Å². The molecule has 1 aromatic heterocycles. The molecule has 0 spiro atoms. The lowest BCUT2D eigenvalue weighted by molar-refractivity contribution is 0.0954. The second-order valence-corrected chi connectivity index (χ2v) is 3.76. The molecular formula is C12H10ClN3O. The number of nitrogen functional groups attached to an aromatic ring is 1. The molecule has 5 heteroatoms. The Hall–Kier alpha value is -1.91. The van der Waals surface area contributed by atoms with Crippen LogP contribution in [0.15, 0.2) is 42.6 Å². The lowest BCUT2D eigenvalue weighted by Gasteiger charge is -2.08. The molecule has 0 saturated carbocycles. The number of pyridine rings is 1. The van der Waals surface area contributed by atoms with Crippen molar-refractivity contribution in [1.82, 2.24) is 10.4 Å². The Morgan fingerprint density at radius 1 is 1.24 bits per heavy atom. The van der Waals surface area contributed by atoms with Crippen molar-refractivity contribution in [3.05, 3.63) is 53.2 Å². The van der Waals surface area contributed by atoms with E-state index in [1.54, 1.807) is 12.3 Å². The average Bonchev–Trinajstić information content (AvgIpc) is 2.38. The molecule has 0 aliphatic rings. The number of hydrazine groups is 1. The van der Waals surface area contributed by atoms with Gasteiger partial charge in [-0.2, -0.15) is 0 Å². The summed E-state index contributed by atoms with van der Waals surface area (Å²) in [6, 6.07) is 10.9. The van der Waals surface area contributed by atoms with Crippen molar-refractivity contribution in [3.63, 3.8) is 0 Å². The largest absolute Gasteiger partial charge is 0.290 e. The highest BCUT2D eigenvalue weighted by atomic mass is 35.5. The standard InChI is InChI=1S/C12H10ClN3O/c13-9-6-7-15-11(10(9)12(17)16-14)8-4-2-1-3-5-8/h1-7H,14H2,(H,16,17). The van der Waals surface area contributed by atoms with Gasteiger partial charge in [0.15, 0.2) is 0 Å². The Kier molecular flexibility index (Phi) is 3.37. The first-order chi connectivity index (χ1) is 8.24. The molecule has 0 saturated heterocycles. The second-order valence-electron chi connectivity index (χ2n) is 3.36. The van der Waals surface area contributed by atoms with Crippen LogP contribution in [0.3, 0.4) is 0 Å². The predicted molar refractivity (Wildman–Crippen MR) is 66.3 cm³/mol. The van der Waals surface area contributed by atoms with E-state index in [-0.39, 0.29) is 5.56 Å². The van der Waals surface area contributed by atoms with Gasteiger partial charge < -0.3 is 0 Å². The molecule has 0 atom stereocenters. The lowest BCUT2D eigenvalue weighted by Crippen LogP contribution is -2.30. The number of rotatable bonds is 2.